The van der Waals surface area contributed by atoms with Crippen molar-refractivity contribution < 1.29 is 4.74 Å². The lowest BCUT2D eigenvalue weighted by atomic mass is 10.1. The zero-order valence-electron chi connectivity index (χ0n) is 10.3. The molecule has 15 heavy (non-hydrogen) atoms. The van der Waals surface area contributed by atoms with Crippen molar-refractivity contribution in [2.45, 2.75) is 38.1 Å². The third-order valence-corrected chi connectivity index (χ3v) is 3.28. The highest BCUT2D eigenvalue weighted by molar-refractivity contribution is 4.73. The van der Waals surface area contributed by atoms with E-state index in [0.29, 0.717) is 0 Å². The van der Waals surface area contributed by atoms with E-state index >= 15 is 0 Å². The Bertz CT molecular complexity index is 145. The van der Waals surface area contributed by atoms with Gasteiger partial charge in [-0.15, -0.1) is 0 Å². The second-order valence-corrected chi connectivity index (χ2v) is 4.52. The lowest BCUT2D eigenvalue weighted by Crippen LogP contribution is -2.33. The van der Waals surface area contributed by atoms with E-state index in [2.05, 4.69) is 17.3 Å². The van der Waals surface area contributed by atoms with Crippen molar-refractivity contribution in [1.82, 2.24) is 10.2 Å². The first-order valence-electron chi connectivity index (χ1n) is 6.24. The van der Waals surface area contributed by atoms with E-state index in [1.165, 1.54) is 51.7 Å². The highest BCUT2D eigenvalue weighted by Crippen LogP contribution is 2.12. The van der Waals surface area contributed by atoms with Crippen molar-refractivity contribution in [3.63, 3.8) is 0 Å². The largest absolute Gasteiger partial charge is 0.385 e. The molecule has 3 nitrogen and oxygen atoms in total. The fraction of sp³-hybridized carbons (Fsp3) is 1.00. The molecule has 1 aliphatic rings. The third kappa shape index (κ3) is 5.50. The Morgan fingerprint density at radius 2 is 2.13 bits per heavy atom. The second-order valence-electron chi connectivity index (χ2n) is 4.52. The highest BCUT2D eigenvalue weighted by atomic mass is 16.5. The van der Waals surface area contributed by atoms with Crippen molar-refractivity contribution in [1.29, 1.82) is 0 Å². The van der Waals surface area contributed by atoms with Gasteiger partial charge in [0.1, 0.15) is 0 Å². The summed E-state index contributed by atoms with van der Waals surface area (Å²) in [4.78, 5) is 2.53. The fourth-order valence-corrected chi connectivity index (χ4v) is 2.23. The van der Waals surface area contributed by atoms with Gasteiger partial charge in [0.2, 0.25) is 0 Å². The predicted molar refractivity (Wildman–Crippen MR) is 64.2 cm³/mol. The lowest BCUT2D eigenvalue weighted by Gasteiger charge is -2.26. The van der Waals surface area contributed by atoms with E-state index in [9.17, 15) is 0 Å². The van der Waals surface area contributed by atoms with Gasteiger partial charge in [-0.3, -0.25) is 0 Å². The Kier molecular flexibility index (Phi) is 6.98. The van der Waals surface area contributed by atoms with Crippen LogP contribution in [0.1, 0.15) is 32.1 Å². The number of hydrogen-bond acceptors (Lipinski definition) is 3. The number of rotatable bonds is 6. The Hall–Kier alpha value is -0.120. The Balaban J connectivity index is 2.11. The van der Waals surface area contributed by atoms with Gasteiger partial charge in [-0.2, -0.15) is 0 Å². The van der Waals surface area contributed by atoms with E-state index in [-0.39, 0.29) is 0 Å². The molecule has 0 aromatic carbocycles. The smallest absolute Gasteiger partial charge is 0.0462 e. The first-order valence-corrected chi connectivity index (χ1v) is 6.24. The summed E-state index contributed by atoms with van der Waals surface area (Å²) in [6.45, 7) is 4.51. The summed E-state index contributed by atoms with van der Waals surface area (Å²) >= 11 is 0. The number of unbranched alkanes of at least 4 members (excludes halogenated alkanes) is 1. The van der Waals surface area contributed by atoms with Crippen LogP contribution in [0.25, 0.3) is 0 Å². The summed E-state index contributed by atoms with van der Waals surface area (Å²) in [5.74, 6) is 0. The molecule has 1 rings (SSSR count). The lowest BCUT2D eigenvalue weighted by molar-refractivity contribution is 0.176. The van der Waals surface area contributed by atoms with Crippen LogP contribution in [0.4, 0.5) is 0 Å². The normalized spacial score (nSPS) is 23.0. The zero-order chi connectivity index (χ0) is 10.9. The minimum atomic E-state index is 0.794. The third-order valence-electron chi connectivity index (χ3n) is 3.28. The number of nitrogens with zero attached hydrogens (tertiary/aromatic N) is 1. The van der Waals surface area contributed by atoms with Crippen LogP contribution in [-0.2, 0) is 4.74 Å². The number of nitrogens with one attached hydrogen (secondary N) is 1. The molecular weight excluding hydrogens is 188 g/mol. The van der Waals surface area contributed by atoms with Gasteiger partial charge in [0.15, 0.2) is 0 Å². The fourth-order valence-electron chi connectivity index (χ4n) is 2.23. The topological polar surface area (TPSA) is 24.5 Å². The van der Waals surface area contributed by atoms with Crippen molar-refractivity contribution in [3.8, 4) is 0 Å². The molecule has 0 aromatic rings. The molecular formula is C12H26N2O. The van der Waals surface area contributed by atoms with Crippen LogP contribution in [-0.4, -0.2) is 51.3 Å². The van der Waals surface area contributed by atoms with E-state index in [1.807, 2.05) is 0 Å². The van der Waals surface area contributed by atoms with E-state index in [4.69, 9.17) is 4.74 Å². The molecule has 1 unspecified atom stereocenters. The highest BCUT2D eigenvalue weighted by Gasteiger charge is 2.15. The minimum absolute atomic E-state index is 0.794. The second kappa shape index (κ2) is 8.08. The van der Waals surface area contributed by atoms with Gasteiger partial charge in [-0.1, -0.05) is 0 Å². The summed E-state index contributed by atoms with van der Waals surface area (Å²) in [6.07, 6.45) is 6.43. The Morgan fingerprint density at radius 3 is 2.93 bits per heavy atom. The van der Waals surface area contributed by atoms with Gasteiger partial charge in [0, 0.05) is 19.8 Å². The molecule has 1 N–H and O–H groups in total. The molecule has 1 fully saturated rings. The van der Waals surface area contributed by atoms with Gasteiger partial charge in [-0.05, 0) is 58.8 Å². The molecule has 0 bridgehead atoms. The van der Waals surface area contributed by atoms with Gasteiger partial charge in [-0.25, -0.2) is 0 Å². The zero-order valence-corrected chi connectivity index (χ0v) is 10.3. The van der Waals surface area contributed by atoms with Crippen LogP contribution < -0.4 is 5.32 Å². The molecule has 90 valence electrons. The van der Waals surface area contributed by atoms with Crippen LogP contribution in [0, 0.1) is 0 Å². The number of ether oxygens (including phenoxy) is 1. The van der Waals surface area contributed by atoms with Crippen LogP contribution >= 0.6 is 0 Å². The molecule has 0 aliphatic carbocycles. The van der Waals surface area contributed by atoms with Crippen LogP contribution in [0.5, 0.6) is 0 Å². The minimum Gasteiger partial charge on any atom is -0.385 e. The van der Waals surface area contributed by atoms with Crippen molar-refractivity contribution in [2.75, 3.05) is 40.4 Å². The van der Waals surface area contributed by atoms with Crippen molar-refractivity contribution >= 4 is 0 Å². The standard InChI is InChI=1S/C12H26N2O/c1-14(10-3-4-11-15-2)12-6-5-8-13-9-7-12/h12-13H,3-11H2,1-2H3. The molecule has 0 radical (unpaired) electrons. The molecule has 0 saturated carbocycles. The average Bonchev–Trinajstić information content (AvgIpc) is 2.52. The maximum atomic E-state index is 5.06. The molecule has 3 heteroatoms. The van der Waals surface area contributed by atoms with E-state index in [1.54, 1.807) is 7.11 Å². The van der Waals surface area contributed by atoms with Gasteiger partial charge in [0.25, 0.3) is 0 Å². The van der Waals surface area contributed by atoms with Gasteiger partial charge < -0.3 is 15.0 Å². The van der Waals surface area contributed by atoms with Crippen molar-refractivity contribution in [2.24, 2.45) is 0 Å². The molecule has 1 heterocycles. The van der Waals surface area contributed by atoms with Crippen LogP contribution in [0.3, 0.4) is 0 Å². The number of hydrogen-bond donors (Lipinski definition) is 1. The Morgan fingerprint density at radius 1 is 1.27 bits per heavy atom. The van der Waals surface area contributed by atoms with E-state index < -0.39 is 0 Å². The SMILES string of the molecule is COCCCCN(C)C1CCCNCC1. The van der Waals surface area contributed by atoms with Gasteiger partial charge >= 0.3 is 0 Å². The van der Waals surface area contributed by atoms with Gasteiger partial charge in [0.05, 0.1) is 0 Å². The molecule has 1 aliphatic heterocycles. The molecule has 0 amide bonds. The summed E-state index contributed by atoms with van der Waals surface area (Å²) < 4.78 is 5.06. The first kappa shape index (κ1) is 12.9. The summed E-state index contributed by atoms with van der Waals surface area (Å²) in [5, 5.41) is 3.46. The molecule has 1 atom stereocenters. The molecule has 0 spiro atoms. The summed E-state index contributed by atoms with van der Waals surface area (Å²) in [7, 11) is 4.05. The van der Waals surface area contributed by atoms with E-state index in [0.717, 1.165) is 12.6 Å². The molecule has 1 saturated heterocycles. The Labute approximate surface area is 94.2 Å². The maximum absolute atomic E-state index is 5.06. The van der Waals surface area contributed by atoms with Crippen LogP contribution in [0.15, 0.2) is 0 Å². The monoisotopic (exact) mass is 214 g/mol. The summed E-state index contributed by atoms with van der Waals surface area (Å²) in [6, 6.07) is 0.794. The van der Waals surface area contributed by atoms with Crippen LogP contribution in [0.2, 0.25) is 0 Å². The average molecular weight is 214 g/mol. The molecule has 0 aromatic heterocycles. The van der Waals surface area contributed by atoms with Crippen molar-refractivity contribution in [3.05, 3.63) is 0 Å². The quantitative estimate of drug-likeness (QED) is 0.678. The maximum Gasteiger partial charge on any atom is 0.0462 e. The summed E-state index contributed by atoms with van der Waals surface area (Å²) in [5.41, 5.74) is 0. The predicted octanol–water partition coefficient (Wildman–Crippen LogP) is 1.49. The number of methoxy groups -OCH3 is 1. The first-order chi connectivity index (χ1) is 7.34.